The zero-order valence-corrected chi connectivity index (χ0v) is 34.3. The molecule has 0 bridgehead atoms. The topological polar surface area (TPSA) is 227 Å². The Balaban J connectivity index is 1.52. The van der Waals surface area contributed by atoms with Crippen molar-refractivity contribution in [3.05, 3.63) is 39.3 Å². The first-order valence-corrected chi connectivity index (χ1v) is 20.4. The standard InChI is InChI=1S/C38H55N7O11S/c1-7-10-17-52-28-22-45(54-19-12-9-3)26(20-27(28)46)31(47)39-21-24-29(32(48)40-24)42-33(49)30(25-23-57-35(41-25)43-36(51)55-37(4,5)6)44-56-38(15-13-14-16-38)34(50)53-18-11-8-2/h20,22-24,29H,7-19,21H2,1-6H3,(H,39,47)(H,40,48)(H,42,49)(H,41,43,51)/b44-30-/t24-,29+/m1/s1. The first kappa shape index (κ1) is 44.5. The quantitative estimate of drug-likeness (QED) is 0.0464. The van der Waals surface area contributed by atoms with Gasteiger partial charge in [-0.05, 0) is 52.9 Å². The number of anilines is 1. The Morgan fingerprint density at radius 2 is 1.70 bits per heavy atom. The summed E-state index contributed by atoms with van der Waals surface area (Å²) < 4.78 is 17.6. The number of amides is 4. The Morgan fingerprint density at radius 1 is 1.02 bits per heavy atom. The molecule has 2 aliphatic rings. The molecule has 0 aromatic carbocycles. The highest BCUT2D eigenvalue weighted by Crippen LogP contribution is 2.35. The maximum absolute atomic E-state index is 13.9. The van der Waals surface area contributed by atoms with E-state index in [4.69, 9.17) is 23.9 Å². The summed E-state index contributed by atoms with van der Waals surface area (Å²) in [5.41, 5.74) is -3.15. The van der Waals surface area contributed by atoms with E-state index >= 15 is 0 Å². The molecular weight excluding hydrogens is 763 g/mol. The van der Waals surface area contributed by atoms with E-state index in [2.05, 4.69) is 31.4 Å². The highest BCUT2D eigenvalue weighted by molar-refractivity contribution is 7.14. The Kier molecular flexibility index (Phi) is 16.3. The zero-order chi connectivity index (χ0) is 41.6. The van der Waals surface area contributed by atoms with E-state index in [-0.39, 0.29) is 47.7 Å². The van der Waals surface area contributed by atoms with Crippen LogP contribution in [0.1, 0.15) is 122 Å². The van der Waals surface area contributed by atoms with Crippen molar-refractivity contribution in [3.8, 4) is 5.75 Å². The van der Waals surface area contributed by atoms with E-state index < -0.39 is 58.5 Å². The number of β-lactam (4-membered cyclic amide) rings is 1. The van der Waals surface area contributed by atoms with Crippen LogP contribution in [-0.4, -0.2) is 94.9 Å². The van der Waals surface area contributed by atoms with Gasteiger partial charge in [0.2, 0.25) is 16.9 Å². The van der Waals surface area contributed by atoms with Crippen LogP contribution < -0.4 is 36.3 Å². The number of hydrogen-bond acceptors (Lipinski definition) is 14. The van der Waals surface area contributed by atoms with E-state index in [0.717, 1.165) is 43.1 Å². The largest absolute Gasteiger partial charge is 0.488 e. The number of thiazole rings is 1. The first-order chi connectivity index (χ1) is 27.2. The van der Waals surface area contributed by atoms with Gasteiger partial charge < -0.3 is 39.8 Å². The molecule has 4 amide bonds. The van der Waals surface area contributed by atoms with Gasteiger partial charge in [-0.3, -0.25) is 24.5 Å². The number of oxime groups is 1. The van der Waals surface area contributed by atoms with Crippen molar-refractivity contribution in [2.24, 2.45) is 5.16 Å². The van der Waals surface area contributed by atoms with Gasteiger partial charge in [-0.15, -0.1) is 11.3 Å². The summed E-state index contributed by atoms with van der Waals surface area (Å²) >= 11 is 0.989. The number of pyridine rings is 1. The summed E-state index contributed by atoms with van der Waals surface area (Å²) in [5, 5.41) is 16.2. The second kappa shape index (κ2) is 20.8. The van der Waals surface area contributed by atoms with Crippen LogP contribution in [0.3, 0.4) is 0 Å². The number of carbonyl (C=O) groups excluding carboxylic acids is 5. The SMILES string of the molecule is CCCCOC(=O)C1(O/N=C(\C(=O)N[C@@H]2C(=O)N[C@@H]2CNC(=O)c2cc(=O)c(OCCCC)cn2OCCCC)c2csc(NC(=O)OC(C)(C)C)n2)CCCC1. The van der Waals surface area contributed by atoms with Gasteiger partial charge in [0.15, 0.2) is 16.6 Å². The van der Waals surface area contributed by atoms with Crippen molar-refractivity contribution < 1.29 is 47.9 Å². The average molecular weight is 818 g/mol. The number of nitrogens with zero attached hydrogens (tertiary/aromatic N) is 3. The molecule has 1 saturated heterocycles. The smallest absolute Gasteiger partial charge is 0.413 e. The van der Waals surface area contributed by atoms with Crippen molar-refractivity contribution in [3.63, 3.8) is 0 Å². The maximum Gasteiger partial charge on any atom is 0.413 e. The number of hydrogen-bond donors (Lipinski definition) is 4. The molecule has 3 heterocycles. The summed E-state index contributed by atoms with van der Waals surface area (Å²) in [6.07, 6.45) is 7.22. The van der Waals surface area contributed by atoms with Gasteiger partial charge in [0, 0.05) is 30.8 Å². The summed E-state index contributed by atoms with van der Waals surface area (Å²) in [5.74, 6) is -2.60. The molecule has 4 N–H and O–H groups in total. The number of rotatable bonds is 21. The molecule has 2 aromatic heterocycles. The van der Waals surface area contributed by atoms with E-state index in [1.54, 1.807) is 20.8 Å². The van der Waals surface area contributed by atoms with Gasteiger partial charge in [0.05, 0.1) is 25.5 Å². The summed E-state index contributed by atoms with van der Waals surface area (Å²) in [7, 11) is 0. The second-order valence-corrected chi connectivity index (χ2v) is 15.6. The highest BCUT2D eigenvalue weighted by atomic mass is 32.1. The van der Waals surface area contributed by atoms with Gasteiger partial charge in [-0.2, -0.15) is 4.73 Å². The fourth-order valence-corrected chi connectivity index (χ4v) is 6.36. The molecule has 0 spiro atoms. The number of ether oxygens (including phenoxy) is 3. The molecule has 2 aromatic rings. The van der Waals surface area contributed by atoms with Crippen LogP contribution in [0.2, 0.25) is 0 Å². The molecule has 4 rings (SSSR count). The molecule has 2 fully saturated rings. The first-order valence-electron chi connectivity index (χ1n) is 19.5. The lowest BCUT2D eigenvalue weighted by atomic mass is 9.98. The number of unbranched alkanes of at least 4 members (excludes halogenated alkanes) is 3. The van der Waals surface area contributed by atoms with Gasteiger partial charge in [-0.1, -0.05) is 45.2 Å². The molecule has 1 saturated carbocycles. The van der Waals surface area contributed by atoms with Gasteiger partial charge >= 0.3 is 12.1 Å². The summed E-state index contributed by atoms with van der Waals surface area (Å²) in [6.45, 7) is 11.8. The Bertz CT molecular complexity index is 1810. The third kappa shape index (κ3) is 12.6. The minimum atomic E-state index is -1.42. The van der Waals surface area contributed by atoms with Gasteiger partial charge in [0.25, 0.3) is 11.8 Å². The molecule has 314 valence electrons. The summed E-state index contributed by atoms with van der Waals surface area (Å²) in [4.78, 5) is 94.6. The molecule has 18 nitrogen and oxygen atoms in total. The van der Waals surface area contributed by atoms with E-state index in [0.29, 0.717) is 45.1 Å². The van der Waals surface area contributed by atoms with Crippen molar-refractivity contribution in [1.82, 2.24) is 25.7 Å². The fraction of sp³-hybridized carbons (Fsp3) is 0.632. The van der Waals surface area contributed by atoms with Crippen LogP contribution in [0.4, 0.5) is 9.93 Å². The fourth-order valence-electron chi connectivity index (χ4n) is 5.68. The third-order valence-corrected chi connectivity index (χ3v) is 9.63. The predicted molar refractivity (Wildman–Crippen MR) is 210 cm³/mol. The van der Waals surface area contributed by atoms with Crippen molar-refractivity contribution in [2.75, 3.05) is 31.7 Å². The lowest BCUT2D eigenvalue weighted by Crippen LogP contribution is -2.72. The molecule has 1 aliphatic carbocycles. The van der Waals surface area contributed by atoms with Crippen LogP contribution in [-0.2, 0) is 28.7 Å². The third-order valence-electron chi connectivity index (χ3n) is 8.88. The van der Waals surface area contributed by atoms with Crippen molar-refractivity contribution >= 4 is 52.0 Å². The minimum Gasteiger partial charge on any atom is -0.488 e. The van der Waals surface area contributed by atoms with E-state index in [1.807, 2.05) is 20.8 Å². The maximum atomic E-state index is 13.9. The van der Waals surface area contributed by atoms with Gasteiger partial charge in [0.1, 0.15) is 29.6 Å². The molecular formula is C38H55N7O11S. The number of aromatic nitrogens is 2. The molecule has 2 atom stereocenters. The predicted octanol–water partition coefficient (Wildman–Crippen LogP) is 3.85. The Hall–Kier alpha value is -5.20. The molecule has 1 aliphatic heterocycles. The number of carbonyl (C=O) groups is 5. The Labute approximate surface area is 335 Å². The molecule has 57 heavy (non-hydrogen) atoms. The summed E-state index contributed by atoms with van der Waals surface area (Å²) in [6, 6.07) is -0.766. The normalized spacial score (nSPS) is 17.4. The zero-order valence-electron chi connectivity index (χ0n) is 33.5. The van der Waals surface area contributed by atoms with E-state index in [1.165, 1.54) is 16.3 Å². The lowest BCUT2D eigenvalue weighted by Gasteiger charge is -2.37. The number of nitrogens with one attached hydrogen (secondary N) is 4. The Morgan fingerprint density at radius 3 is 2.37 bits per heavy atom. The van der Waals surface area contributed by atoms with Crippen molar-refractivity contribution in [1.29, 1.82) is 0 Å². The highest BCUT2D eigenvalue weighted by Gasteiger charge is 2.47. The van der Waals surface area contributed by atoms with Gasteiger partial charge in [-0.25, -0.2) is 14.6 Å². The van der Waals surface area contributed by atoms with Crippen LogP contribution in [0.25, 0.3) is 0 Å². The average Bonchev–Trinajstić information content (AvgIpc) is 3.83. The molecule has 0 radical (unpaired) electrons. The monoisotopic (exact) mass is 817 g/mol. The minimum absolute atomic E-state index is 0.0104. The molecule has 19 heteroatoms. The van der Waals surface area contributed by atoms with Crippen molar-refractivity contribution in [2.45, 2.75) is 129 Å². The van der Waals surface area contributed by atoms with Crippen LogP contribution in [0.5, 0.6) is 5.75 Å². The lowest BCUT2D eigenvalue weighted by molar-refractivity contribution is -0.172. The molecule has 0 unspecified atom stereocenters. The van der Waals surface area contributed by atoms with Crippen LogP contribution in [0.15, 0.2) is 27.6 Å². The number of esters is 1. The van der Waals surface area contributed by atoms with Crippen LogP contribution >= 0.6 is 11.3 Å². The van der Waals surface area contributed by atoms with E-state index in [9.17, 15) is 28.8 Å². The second-order valence-electron chi connectivity index (χ2n) is 14.8. The van der Waals surface area contributed by atoms with Crippen LogP contribution in [0, 0.1) is 0 Å².